The smallest absolute Gasteiger partial charge is 0.263 e. The molecule has 1 aliphatic rings. The molecule has 1 aliphatic heterocycles. The van der Waals surface area contributed by atoms with Crippen LogP contribution in [-0.2, 0) is 0 Å². The lowest BCUT2D eigenvalue weighted by molar-refractivity contribution is 0.101. The number of nitriles is 1. The number of fused-ring (bicyclic) bond motifs is 1. The summed E-state index contributed by atoms with van der Waals surface area (Å²) in [6, 6.07) is 14.4. The van der Waals surface area contributed by atoms with Crippen molar-refractivity contribution in [2.45, 2.75) is 0 Å². The number of carbonyl (C=O) groups excluding carboxylic acids is 1. The zero-order valence-electron chi connectivity index (χ0n) is 11.5. The molecule has 0 radical (unpaired) electrons. The predicted molar refractivity (Wildman–Crippen MR) is 80.0 cm³/mol. The molecule has 0 fully saturated rings. The maximum Gasteiger partial charge on any atom is 0.263 e. The molecule has 4 nitrogen and oxygen atoms in total. The normalized spacial score (nSPS) is 13.0. The third kappa shape index (κ3) is 1.87. The van der Waals surface area contributed by atoms with Crippen molar-refractivity contribution in [3.8, 4) is 11.8 Å². The standard InChI is InChI=1S/C17H12N2O2/c1-11-13-5-3-4-6-14(13)17(20)19(11)15-8-7-12(10-18)9-16(15)21-2/h3-9H,1H2,2H3. The van der Waals surface area contributed by atoms with Gasteiger partial charge in [0.25, 0.3) is 5.91 Å². The molecule has 1 amide bonds. The number of ether oxygens (including phenoxy) is 1. The lowest BCUT2D eigenvalue weighted by atomic mass is 10.1. The predicted octanol–water partition coefficient (Wildman–Crippen LogP) is 3.20. The second-order valence-corrected chi connectivity index (χ2v) is 4.63. The van der Waals surface area contributed by atoms with E-state index in [0.717, 1.165) is 5.56 Å². The highest BCUT2D eigenvalue weighted by Crippen LogP contribution is 2.40. The second-order valence-electron chi connectivity index (χ2n) is 4.63. The van der Waals surface area contributed by atoms with Crippen LogP contribution in [-0.4, -0.2) is 13.0 Å². The third-order valence-corrected chi connectivity index (χ3v) is 3.49. The summed E-state index contributed by atoms with van der Waals surface area (Å²) < 4.78 is 5.31. The summed E-state index contributed by atoms with van der Waals surface area (Å²) in [5, 5.41) is 8.96. The molecule has 2 aromatic carbocycles. The van der Waals surface area contributed by atoms with Crippen LogP contribution in [0, 0.1) is 11.3 Å². The minimum atomic E-state index is -0.140. The fraction of sp³-hybridized carbons (Fsp3) is 0.0588. The molecule has 0 spiro atoms. The van der Waals surface area contributed by atoms with Crippen LogP contribution in [0.3, 0.4) is 0 Å². The summed E-state index contributed by atoms with van der Waals surface area (Å²) in [4.78, 5) is 14.1. The van der Waals surface area contributed by atoms with Gasteiger partial charge in [0.05, 0.1) is 30.1 Å². The molecule has 1 heterocycles. The fourth-order valence-electron chi connectivity index (χ4n) is 2.47. The van der Waals surface area contributed by atoms with E-state index < -0.39 is 0 Å². The molecule has 2 aromatic rings. The molecule has 0 saturated carbocycles. The second kappa shape index (κ2) is 4.80. The van der Waals surface area contributed by atoms with Crippen molar-refractivity contribution in [1.29, 1.82) is 5.26 Å². The van der Waals surface area contributed by atoms with Crippen LogP contribution in [0.25, 0.3) is 5.70 Å². The Morgan fingerprint density at radius 2 is 1.90 bits per heavy atom. The molecular weight excluding hydrogens is 264 g/mol. The van der Waals surface area contributed by atoms with Crippen molar-refractivity contribution in [2.24, 2.45) is 0 Å². The van der Waals surface area contributed by atoms with Gasteiger partial charge in [-0.15, -0.1) is 0 Å². The average molecular weight is 276 g/mol. The topological polar surface area (TPSA) is 53.3 Å². The first-order valence-electron chi connectivity index (χ1n) is 6.38. The quantitative estimate of drug-likeness (QED) is 0.846. The van der Waals surface area contributed by atoms with E-state index in [-0.39, 0.29) is 5.91 Å². The van der Waals surface area contributed by atoms with Crippen LogP contribution in [0.4, 0.5) is 5.69 Å². The van der Waals surface area contributed by atoms with E-state index in [1.54, 1.807) is 24.3 Å². The van der Waals surface area contributed by atoms with E-state index in [1.807, 2.05) is 18.2 Å². The molecule has 21 heavy (non-hydrogen) atoms. The first kappa shape index (κ1) is 12.9. The molecule has 0 aliphatic carbocycles. The summed E-state index contributed by atoms with van der Waals surface area (Å²) >= 11 is 0. The summed E-state index contributed by atoms with van der Waals surface area (Å²) in [7, 11) is 1.51. The van der Waals surface area contributed by atoms with Gasteiger partial charge in [0.1, 0.15) is 5.75 Å². The van der Waals surface area contributed by atoms with Gasteiger partial charge >= 0.3 is 0 Å². The first-order valence-corrected chi connectivity index (χ1v) is 6.38. The zero-order chi connectivity index (χ0) is 15.0. The van der Waals surface area contributed by atoms with E-state index in [4.69, 9.17) is 10.00 Å². The van der Waals surface area contributed by atoms with Crippen LogP contribution in [0.1, 0.15) is 21.5 Å². The molecule has 0 aromatic heterocycles. The number of hydrogen-bond donors (Lipinski definition) is 0. The minimum absolute atomic E-state index is 0.140. The summed E-state index contributed by atoms with van der Waals surface area (Å²) in [6.45, 7) is 4.01. The number of nitrogens with zero attached hydrogens (tertiary/aromatic N) is 2. The number of anilines is 1. The molecule has 0 bridgehead atoms. The van der Waals surface area contributed by atoms with Gasteiger partial charge in [-0.1, -0.05) is 24.8 Å². The van der Waals surface area contributed by atoms with E-state index in [0.29, 0.717) is 28.3 Å². The van der Waals surface area contributed by atoms with Crippen molar-refractivity contribution in [1.82, 2.24) is 0 Å². The van der Waals surface area contributed by atoms with Gasteiger partial charge < -0.3 is 4.74 Å². The molecule has 0 N–H and O–H groups in total. The molecule has 3 rings (SSSR count). The molecule has 102 valence electrons. The first-order chi connectivity index (χ1) is 10.2. The highest BCUT2D eigenvalue weighted by atomic mass is 16.5. The Morgan fingerprint density at radius 1 is 1.19 bits per heavy atom. The monoisotopic (exact) mass is 276 g/mol. The summed E-state index contributed by atoms with van der Waals surface area (Å²) in [5.74, 6) is 0.329. The maximum atomic E-state index is 12.6. The van der Waals surface area contributed by atoms with Crippen LogP contribution >= 0.6 is 0 Å². The zero-order valence-corrected chi connectivity index (χ0v) is 11.5. The van der Waals surface area contributed by atoms with E-state index >= 15 is 0 Å². The Balaban J connectivity index is 2.13. The van der Waals surface area contributed by atoms with Crippen molar-refractivity contribution < 1.29 is 9.53 Å². The van der Waals surface area contributed by atoms with Gasteiger partial charge in [0.15, 0.2) is 0 Å². The average Bonchev–Trinajstić information content (AvgIpc) is 2.79. The molecular formula is C17H12N2O2. The summed E-state index contributed by atoms with van der Waals surface area (Å²) in [6.07, 6.45) is 0. The lowest BCUT2D eigenvalue weighted by Crippen LogP contribution is -2.22. The van der Waals surface area contributed by atoms with E-state index in [9.17, 15) is 4.79 Å². The Bertz CT molecular complexity index is 768. The van der Waals surface area contributed by atoms with Crippen LogP contribution < -0.4 is 9.64 Å². The number of amides is 1. The number of benzene rings is 2. The largest absolute Gasteiger partial charge is 0.495 e. The SMILES string of the molecule is C=C1c2ccccc2C(=O)N1c1ccc(C#N)cc1OC. The van der Waals surface area contributed by atoms with Crippen molar-refractivity contribution in [2.75, 3.05) is 12.0 Å². The molecule has 4 heteroatoms. The van der Waals surface area contributed by atoms with Crippen LogP contribution in [0.2, 0.25) is 0 Å². The number of rotatable bonds is 2. The van der Waals surface area contributed by atoms with Crippen molar-refractivity contribution in [3.05, 3.63) is 65.7 Å². The van der Waals surface area contributed by atoms with Gasteiger partial charge in [0.2, 0.25) is 0 Å². The maximum absolute atomic E-state index is 12.6. The number of hydrogen-bond acceptors (Lipinski definition) is 3. The lowest BCUT2D eigenvalue weighted by Gasteiger charge is -2.20. The molecule has 0 saturated heterocycles. The van der Waals surface area contributed by atoms with Gasteiger partial charge in [0, 0.05) is 17.2 Å². The Hall–Kier alpha value is -3.06. The Kier molecular flexibility index (Phi) is 2.96. The van der Waals surface area contributed by atoms with Gasteiger partial charge in [-0.05, 0) is 18.2 Å². The van der Waals surface area contributed by atoms with E-state index in [2.05, 4.69) is 12.6 Å². The van der Waals surface area contributed by atoms with Crippen molar-refractivity contribution >= 4 is 17.3 Å². The van der Waals surface area contributed by atoms with Crippen molar-refractivity contribution in [3.63, 3.8) is 0 Å². The Morgan fingerprint density at radius 3 is 2.52 bits per heavy atom. The number of methoxy groups -OCH3 is 1. The molecule has 0 atom stereocenters. The van der Waals surface area contributed by atoms with Gasteiger partial charge in [-0.25, -0.2) is 0 Å². The minimum Gasteiger partial charge on any atom is -0.495 e. The molecule has 0 unspecified atom stereocenters. The van der Waals surface area contributed by atoms with Gasteiger partial charge in [-0.2, -0.15) is 5.26 Å². The third-order valence-electron chi connectivity index (χ3n) is 3.49. The highest BCUT2D eigenvalue weighted by molar-refractivity contribution is 6.22. The summed E-state index contributed by atoms with van der Waals surface area (Å²) in [5.41, 5.74) is 3.11. The van der Waals surface area contributed by atoms with Crippen LogP contribution in [0.5, 0.6) is 5.75 Å². The van der Waals surface area contributed by atoms with E-state index in [1.165, 1.54) is 12.0 Å². The highest BCUT2D eigenvalue weighted by Gasteiger charge is 2.33. The number of carbonyl (C=O) groups is 1. The fourth-order valence-corrected chi connectivity index (χ4v) is 2.47. The van der Waals surface area contributed by atoms with Crippen LogP contribution in [0.15, 0.2) is 49.0 Å². The van der Waals surface area contributed by atoms with Gasteiger partial charge in [-0.3, -0.25) is 9.69 Å². The Labute approximate surface area is 122 Å².